The number of piperidine rings is 3. The fourth-order valence-electron chi connectivity index (χ4n) is 10.8. The van der Waals surface area contributed by atoms with Gasteiger partial charge >= 0.3 is 0 Å². The summed E-state index contributed by atoms with van der Waals surface area (Å²) in [5, 5.41) is 11.3. The summed E-state index contributed by atoms with van der Waals surface area (Å²) < 4.78 is 25.6. The lowest BCUT2D eigenvalue weighted by atomic mass is 9.86. The number of rotatable bonds is 14. The second-order valence-electron chi connectivity index (χ2n) is 19.4. The summed E-state index contributed by atoms with van der Waals surface area (Å²) in [7, 11) is 1.65. The van der Waals surface area contributed by atoms with Crippen molar-refractivity contribution < 1.29 is 47.4 Å². The van der Waals surface area contributed by atoms with E-state index in [2.05, 4.69) is 45.9 Å². The summed E-state index contributed by atoms with van der Waals surface area (Å²) in [6, 6.07) is 18.8. The number of ether oxygens (including phenoxy) is 2. The van der Waals surface area contributed by atoms with Crippen LogP contribution in [0.1, 0.15) is 65.7 Å². The average Bonchev–Trinajstić information content (AvgIpc) is 4.16. The minimum absolute atomic E-state index is 0.00418. The van der Waals surface area contributed by atoms with E-state index in [1.165, 1.54) is 36.5 Å². The van der Waals surface area contributed by atoms with Gasteiger partial charge in [-0.1, -0.05) is 0 Å². The number of methoxy groups -OCH3 is 1. The van der Waals surface area contributed by atoms with Gasteiger partial charge in [0.05, 0.1) is 36.0 Å². The first-order valence-electron chi connectivity index (χ1n) is 24.2. The molecule has 72 heavy (non-hydrogen) atoms. The number of hydrogen-bond acceptors (Lipinski definition) is 14. The third-order valence-corrected chi connectivity index (χ3v) is 14.9. The molecule has 20 heteroatoms. The Labute approximate surface area is 412 Å². The molecule has 370 valence electrons. The number of amides is 7. The second kappa shape index (κ2) is 18.7. The average molecular weight is 979 g/mol. The number of nitrogens with zero attached hydrogens (tertiary/aromatic N) is 6. The van der Waals surface area contributed by atoms with Crippen molar-refractivity contribution in [3.63, 3.8) is 0 Å². The highest BCUT2D eigenvalue weighted by Gasteiger charge is 2.56. The van der Waals surface area contributed by atoms with Crippen molar-refractivity contribution in [1.82, 2.24) is 30.0 Å². The topological polar surface area (TPSA) is 225 Å². The van der Waals surface area contributed by atoms with Gasteiger partial charge < -0.3 is 30.3 Å². The zero-order valence-electron chi connectivity index (χ0n) is 39.3. The molecule has 1 saturated carbocycles. The van der Waals surface area contributed by atoms with E-state index >= 15 is 0 Å². The lowest BCUT2D eigenvalue weighted by Gasteiger charge is -2.56. The molecule has 12 rings (SSSR count). The Morgan fingerprint density at radius 1 is 0.806 bits per heavy atom. The van der Waals surface area contributed by atoms with Crippen molar-refractivity contribution in [2.45, 2.75) is 63.1 Å². The summed E-state index contributed by atoms with van der Waals surface area (Å²) in [5.74, 6) is -1.86. The molecule has 3 atom stereocenters. The number of fused-ring (bicyclic) bond motifs is 4. The van der Waals surface area contributed by atoms with Crippen LogP contribution in [0.3, 0.4) is 0 Å². The molecule has 2 aromatic heterocycles. The summed E-state index contributed by atoms with van der Waals surface area (Å²) in [4.78, 5) is 107. The van der Waals surface area contributed by atoms with Crippen LogP contribution < -0.4 is 35.6 Å². The number of carbonyl (C=O) groups is 7. The molecule has 1 aliphatic carbocycles. The van der Waals surface area contributed by atoms with Crippen LogP contribution >= 0.6 is 0 Å². The van der Waals surface area contributed by atoms with Crippen LogP contribution in [0.15, 0.2) is 85.2 Å². The molecule has 4 N–H and O–H groups in total. The highest BCUT2D eigenvalue weighted by molar-refractivity contribution is 6.26. The molecule has 7 aliphatic rings. The third-order valence-electron chi connectivity index (χ3n) is 14.9. The van der Waals surface area contributed by atoms with Gasteiger partial charge in [0.2, 0.25) is 29.5 Å². The summed E-state index contributed by atoms with van der Waals surface area (Å²) >= 11 is 0. The minimum Gasteiger partial charge on any atom is -0.495 e. The molecule has 2 bridgehead atoms. The standard InChI is InChI=1S/C52H51FN10O9/c1-71-42-23-37-38(54-19-13-41(37)72-35-8-6-32(7-9-35)57-51(70)52(16-17-52)50(69)56-31-4-2-30(53)3-5-31)24-40(42)61-20-14-29(15-21-61)25-60-26-33-22-34(27-60)62(33)28-44(65)58-46-45-36(12-18-55-46)48(67)63(49(45)68)39-10-11-43(64)59-47(39)66/h2-9,12-13,18-19,23-24,29,33-34,39H,10-11,14-17,20-22,25-28H2,1H3,(H,56,69)(H,57,70)(H,55,58,65)(H,59,64,66). The van der Waals surface area contributed by atoms with Gasteiger partial charge in [-0.05, 0) is 117 Å². The van der Waals surface area contributed by atoms with E-state index in [1.54, 1.807) is 43.6 Å². The van der Waals surface area contributed by atoms with Gasteiger partial charge in [-0.15, -0.1) is 0 Å². The molecular weight excluding hydrogens is 928 g/mol. The summed E-state index contributed by atoms with van der Waals surface area (Å²) in [6.45, 7) is 4.44. The van der Waals surface area contributed by atoms with Crippen molar-refractivity contribution in [2.75, 3.05) is 67.2 Å². The number of aromatic nitrogens is 2. The maximum absolute atomic E-state index is 13.5. The number of anilines is 4. The van der Waals surface area contributed by atoms with Gasteiger partial charge in [-0.2, -0.15) is 0 Å². The number of imide groups is 2. The molecule has 3 unspecified atom stereocenters. The van der Waals surface area contributed by atoms with Crippen molar-refractivity contribution >= 4 is 75.1 Å². The Bertz CT molecular complexity index is 3040. The molecule has 0 radical (unpaired) electrons. The highest BCUT2D eigenvalue weighted by Crippen LogP contribution is 2.48. The molecule has 5 aromatic rings. The van der Waals surface area contributed by atoms with Gasteiger partial charge in [0.15, 0.2) is 0 Å². The zero-order chi connectivity index (χ0) is 49.8. The number of hydrogen-bond donors (Lipinski definition) is 4. The first kappa shape index (κ1) is 46.5. The Morgan fingerprint density at radius 3 is 2.15 bits per heavy atom. The highest BCUT2D eigenvalue weighted by atomic mass is 19.1. The van der Waals surface area contributed by atoms with Gasteiger partial charge in [0.1, 0.15) is 40.3 Å². The van der Waals surface area contributed by atoms with E-state index in [4.69, 9.17) is 9.47 Å². The SMILES string of the molecule is COc1cc2c(Oc3ccc(NC(=O)C4(C(=O)Nc5ccc(F)cc5)CC4)cc3)ccnc2cc1N1CCC(CN2CC3CC(C2)N3CC(=O)Nc2nccc3c2C(=O)N(C2CCC(=O)NC2=O)C3=O)CC1. The van der Waals surface area contributed by atoms with E-state index in [9.17, 15) is 38.0 Å². The van der Waals surface area contributed by atoms with Gasteiger partial charge in [-0.25, -0.2) is 9.37 Å². The number of pyridine rings is 2. The smallest absolute Gasteiger partial charge is 0.266 e. The second-order valence-corrected chi connectivity index (χ2v) is 19.4. The predicted octanol–water partition coefficient (Wildman–Crippen LogP) is 4.94. The van der Waals surface area contributed by atoms with Crippen molar-refractivity contribution in [1.29, 1.82) is 0 Å². The van der Waals surface area contributed by atoms with Crippen LogP contribution in [-0.4, -0.2) is 131 Å². The van der Waals surface area contributed by atoms with E-state index in [-0.39, 0.29) is 54.3 Å². The van der Waals surface area contributed by atoms with Crippen LogP contribution in [0, 0.1) is 17.2 Å². The Balaban J connectivity index is 0.657. The first-order valence-corrected chi connectivity index (χ1v) is 24.2. The van der Waals surface area contributed by atoms with Crippen LogP contribution in [0.25, 0.3) is 10.9 Å². The van der Waals surface area contributed by atoms with E-state index in [0.717, 1.165) is 73.5 Å². The van der Waals surface area contributed by atoms with Crippen molar-refractivity contribution in [2.24, 2.45) is 11.3 Å². The summed E-state index contributed by atoms with van der Waals surface area (Å²) in [6.07, 6.45) is 6.89. The Morgan fingerprint density at radius 2 is 1.49 bits per heavy atom. The molecule has 3 aromatic carbocycles. The number of carbonyl (C=O) groups excluding carboxylic acids is 7. The molecular formula is C52H51FN10O9. The largest absolute Gasteiger partial charge is 0.495 e. The molecule has 6 aliphatic heterocycles. The van der Waals surface area contributed by atoms with Crippen molar-refractivity contribution in [3.8, 4) is 17.2 Å². The lowest BCUT2D eigenvalue weighted by molar-refractivity contribution is -0.136. The monoisotopic (exact) mass is 978 g/mol. The maximum Gasteiger partial charge on any atom is 0.266 e. The fourth-order valence-corrected chi connectivity index (χ4v) is 10.8. The van der Waals surface area contributed by atoms with Crippen LogP contribution in [0.2, 0.25) is 0 Å². The molecule has 5 saturated heterocycles. The molecule has 8 heterocycles. The lowest BCUT2D eigenvalue weighted by Crippen LogP contribution is -2.70. The first-order chi connectivity index (χ1) is 34.8. The van der Waals surface area contributed by atoms with E-state index in [0.29, 0.717) is 47.4 Å². The quantitative estimate of drug-likeness (QED) is 0.0855. The van der Waals surface area contributed by atoms with E-state index < -0.39 is 52.7 Å². The minimum atomic E-state index is -1.19. The summed E-state index contributed by atoms with van der Waals surface area (Å²) in [5.41, 5.74) is 1.45. The van der Waals surface area contributed by atoms with Crippen LogP contribution in [0.4, 0.5) is 27.3 Å². The number of piperazine rings is 1. The number of halogens is 1. The van der Waals surface area contributed by atoms with Gasteiger partial charge in [0, 0.05) is 80.4 Å². The number of benzene rings is 3. The molecule has 19 nitrogen and oxygen atoms in total. The molecule has 7 amide bonds. The van der Waals surface area contributed by atoms with E-state index in [1.807, 2.05) is 12.1 Å². The van der Waals surface area contributed by atoms with Gasteiger partial charge in [-0.3, -0.25) is 58.6 Å². The van der Waals surface area contributed by atoms with Crippen LogP contribution in [-0.2, 0) is 24.0 Å². The van der Waals surface area contributed by atoms with Crippen molar-refractivity contribution in [3.05, 3.63) is 102 Å². The van der Waals surface area contributed by atoms with Crippen LogP contribution in [0.5, 0.6) is 17.2 Å². The third kappa shape index (κ3) is 8.84. The Kier molecular flexibility index (Phi) is 12.1. The molecule has 0 spiro atoms. The Hall–Kier alpha value is -7.84. The fraction of sp³-hybridized carbons (Fsp3) is 0.365. The predicted molar refractivity (Wildman–Crippen MR) is 260 cm³/mol. The number of nitrogens with one attached hydrogen (secondary N) is 4. The molecule has 6 fully saturated rings. The normalized spacial score (nSPS) is 21.7. The zero-order valence-corrected chi connectivity index (χ0v) is 39.3. The maximum atomic E-state index is 13.5. The van der Waals surface area contributed by atoms with Gasteiger partial charge in [0.25, 0.3) is 11.8 Å².